The topological polar surface area (TPSA) is 38.3 Å². The first-order valence-electron chi connectivity index (χ1n) is 6.16. The van der Waals surface area contributed by atoms with E-state index in [1.165, 1.54) is 12.8 Å². The molecule has 0 spiro atoms. The lowest BCUT2D eigenvalue weighted by atomic mass is 9.96. The van der Waals surface area contributed by atoms with Crippen molar-refractivity contribution in [2.24, 2.45) is 5.92 Å². The highest BCUT2D eigenvalue weighted by molar-refractivity contribution is 6.18. The zero-order valence-corrected chi connectivity index (χ0v) is 10.6. The molecule has 0 radical (unpaired) electrons. The molecule has 1 saturated heterocycles. The molecule has 1 aliphatic carbocycles. The fourth-order valence-corrected chi connectivity index (χ4v) is 3.11. The fraction of sp³-hybridized carbons (Fsp3) is 0.917. The van der Waals surface area contributed by atoms with Crippen LogP contribution in [0.5, 0.6) is 0 Å². The monoisotopic (exact) mass is 245 g/mol. The molecule has 0 aromatic rings. The maximum Gasteiger partial charge on any atom is 0.226 e. The lowest BCUT2D eigenvalue weighted by Crippen LogP contribution is -2.50. The van der Waals surface area contributed by atoms with E-state index in [0.717, 1.165) is 19.3 Å². The number of carbonyl (C=O) groups excluding carboxylic acids is 1. The van der Waals surface area contributed by atoms with Crippen molar-refractivity contribution in [2.75, 3.05) is 12.5 Å². The van der Waals surface area contributed by atoms with Crippen molar-refractivity contribution >= 4 is 17.5 Å². The molecule has 0 bridgehead atoms. The summed E-state index contributed by atoms with van der Waals surface area (Å²) in [5, 5.41) is 3.16. The molecule has 3 nitrogen and oxygen atoms in total. The van der Waals surface area contributed by atoms with Crippen LogP contribution in [-0.2, 0) is 9.53 Å². The maximum atomic E-state index is 12.1. The minimum atomic E-state index is -0.138. The Kier molecular flexibility index (Phi) is 3.75. The Balaban J connectivity index is 1.95. The normalized spacial score (nSPS) is 32.9. The second-order valence-electron chi connectivity index (χ2n) is 5.08. The second-order valence-corrected chi connectivity index (χ2v) is 5.35. The van der Waals surface area contributed by atoms with E-state index >= 15 is 0 Å². The average molecular weight is 246 g/mol. The second kappa shape index (κ2) is 4.92. The van der Waals surface area contributed by atoms with E-state index in [9.17, 15) is 4.79 Å². The van der Waals surface area contributed by atoms with Crippen molar-refractivity contribution in [3.05, 3.63) is 0 Å². The third-order valence-electron chi connectivity index (χ3n) is 3.92. The van der Waals surface area contributed by atoms with Crippen molar-refractivity contribution in [3.63, 3.8) is 0 Å². The van der Waals surface area contributed by atoms with E-state index in [4.69, 9.17) is 16.3 Å². The first-order chi connectivity index (χ1) is 7.67. The van der Waals surface area contributed by atoms with Gasteiger partial charge >= 0.3 is 0 Å². The molecule has 4 heteroatoms. The molecule has 2 aliphatic rings. The zero-order valence-electron chi connectivity index (χ0n) is 9.80. The van der Waals surface area contributed by atoms with Crippen LogP contribution in [-0.4, -0.2) is 30.0 Å². The zero-order chi connectivity index (χ0) is 11.6. The summed E-state index contributed by atoms with van der Waals surface area (Å²) < 4.78 is 5.42. The molecule has 16 heavy (non-hydrogen) atoms. The van der Waals surface area contributed by atoms with Crippen LogP contribution in [0.15, 0.2) is 0 Å². The molecule has 92 valence electrons. The van der Waals surface area contributed by atoms with E-state index in [2.05, 4.69) is 5.32 Å². The lowest BCUT2D eigenvalue weighted by Gasteiger charge is -2.29. The molecule has 0 aromatic carbocycles. The Morgan fingerprint density at radius 1 is 1.50 bits per heavy atom. The Bertz CT molecular complexity index is 264. The van der Waals surface area contributed by atoms with Crippen molar-refractivity contribution < 1.29 is 9.53 Å². The summed E-state index contributed by atoms with van der Waals surface area (Å²) in [5.41, 5.74) is -0.138. The molecule has 1 saturated carbocycles. The summed E-state index contributed by atoms with van der Waals surface area (Å²) in [4.78, 5) is 12.1. The number of hydrogen-bond donors (Lipinski definition) is 1. The van der Waals surface area contributed by atoms with Gasteiger partial charge < -0.3 is 10.1 Å². The highest BCUT2D eigenvalue weighted by Gasteiger charge is 2.38. The predicted molar refractivity (Wildman–Crippen MR) is 63.6 cm³/mol. The van der Waals surface area contributed by atoms with Crippen molar-refractivity contribution in [1.29, 1.82) is 0 Å². The Morgan fingerprint density at radius 2 is 2.19 bits per heavy atom. The van der Waals surface area contributed by atoms with Gasteiger partial charge in [0.05, 0.1) is 17.6 Å². The third-order valence-corrected chi connectivity index (χ3v) is 4.43. The van der Waals surface area contributed by atoms with Gasteiger partial charge in [0.25, 0.3) is 0 Å². The highest BCUT2D eigenvalue weighted by Crippen LogP contribution is 2.32. The summed E-state index contributed by atoms with van der Waals surface area (Å²) in [6.07, 6.45) is 5.27. The van der Waals surface area contributed by atoms with Crippen molar-refractivity contribution in [3.8, 4) is 0 Å². The molecule has 1 amide bonds. The summed E-state index contributed by atoms with van der Waals surface area (Å²) in [6.45, 7) is 2.67. The van der Waals surface area contributed by atoms with Crippen LogP contribution in [0.2, 0.25) is 0 Å². The van der Waals surface area contributed by atoms with Gasteiger partial charge in [-0.15, -0.1) is 11.6 Å². The van der Waals surface area contributed by atoms with Crippen LogP contribution in [0.1, 0.15) is 39.0 Å². The lowest BCUT2D eigenvalue weighted by molar-refractivity contribution is -0.128. The summed E-state index contributed by atoms with van der Waals surface area (Å²) in [5.74, 6) is 0.675. The van der Waals surface area contributed by atoms with Gasteiger partial charge in [0.2, 0.25) is 5.91 Å². The number of ether oxygens (including phenoxy) is 1. The summed E-state index contributed by atoms with van der Waals surface area (Å²) in [7, 11) is 0. The molecular formula is C12H20ClNO2. The highest BCUT2D eigenvalue weighted by atomic mass is 35.5. The molecule has 2 fully saturated rings. The van der Waals surface area contributed by atoms with Crippen LogP contribution in [0.3, 0.4) is 0 Å². The predicted octanol–water partition coefficient (Wildman–Crippen LogP) is 2.08. The van der Waals surface area contributed by atoms with Gasteiger partial charge in [-0.05, 0) is 26.2 Å². The van der Waals surface area contributed by atoms with E-state index in [0.29, 0.717) is 12.5 Å². The Morgan fingerprint density at radius 3 is 2.69 bits per heavy atom. The quantitative estimate of drug-likeness (QED) is 0.774. The van der Waals surface area contributed by atoms with Gasteiger partial charge in [0.15, 0.2) is 0 Å². The average Bonchev–Trinajstić information content (AvgIpc) is 2.87. The Hall–Kier alpha value is -0.280. The largest absolute Gasteiger partial charge is 0.378 e. The first kappa shape index (κ1) is 12.2. The van der Waals surface area contributed by atoms with Crippen LogP contribution in [0, 0.1) is 5.92 Å². The summed E-state index contributed by atoms with van der Waals surface area (Å²) >= 11 is 6.01. The minimum absolute atomic E-state index is 0.0145. The molecule has 0 aromatic heterocycles. The smallest absolute Gasteiger partial charge is 0.226 e. The third kappa shape index (κ3) is 2.35. The minimum Gasteiger partial charge on any atom is -0.378 e. The van der Waals surface area contributed by atoms with Crippen LogP contribution >= 0.6 is 11.6 Å². The molecule has 2 rings (SSSR count). The molecule has 2 unspecified atom stereocenters. The summed E-state index contributed by atoms with van der Waals surface area (Å²) in [6, 6.07) is 0. The SMILES string of the molecule is CC1OCCC1C(=O)NC1(CCl)CCCC1. The number of alkyl halides is 1. The maximum absolute atomic E-state index is 12.1. The number of rotatable bonds is 3. The number of amides is 1. The fourth-order valence-electron chi connectivity index (χ4n) is 2.77. The number of halogens is 1. The van der Waals surface area contributed by atoms with Crippen LogP contribution < -0.4 is 5.32 Å². The number of hydrogen-bond acceptors (Lipinski definition) is 2. The van der Waals surface area contributed by atoms with Gasteiger partial charge in [-0.25, -0.2) is 0 Å². The van der Waals surface area contributed by atoms with Crippen molar-refractivity contribution in [2.45, 2.75) is 50.7 Å². The number of carbonyl (C=O) groups is 1. The number of nitrogens with one attached hydrogen (secondary N) is 1. The first-order valence-corrected chi connectivity index (χ1v) is 6.70. The molecule has 1 N–H and O–H groups in total. The molecular weight excluding hydrogens is 226 g/mol. The van der Waals surface area contributed by atoms with Crippen LogP contribution in [0.4, 0.5) is 0 Å². The van der Waals surface area contributed by atoms with E-state index in [1.54, 1.807) is 0 Å². The van der Waals surface area contributed by atoms with E-state index < -0.39 is 0 Å². The van der Waals surface area contributed by atoms with Crippen LogP contribution in [0.25, 0.3) is 0 Å². The molecule has 1 aliphatic heterocycles. The molecule has 2 atom stereocenters. The van der Waals surface area contributed by atoms with Crippen molar-refractivity contribution in [1.82, 2.24) is 5.32 Å². The van der Waals surface area contributed by atoms with E-state index in [1.807, 2.05) is 6.92 Å². The standard InChI is InChI=1S/C12H20ClNO2/c1-9-10(4-7-16-9)11(15)14-12(8-13)5-2-3-6-12/h9-10H,2-8H2,1H3,(H,14,15). The van der Waals surface area contributed by atoms with E-state index in [-0.39, 0.29) is 23.5 Å². The van der Waals surface area contributed by atoms with Gasteiger partial charge in [0.1, 0.15) is 0 Å². The van der Waals surface area contributed by atoms with Gasteiger partial charge in [-0.2, -0.15) is 0 Å². The molecule has 1 heterocycles. The van der Waals surface area contributed by atoms with Gasteiger partial charge in [-0.3, -0.25) is 4.79 Å². The Labute approximate surface area is 102 Å². The van der Waals surface area contributed by atoms with Gasteiger partial charge in [0, 0.05) is 12.5 Å². The van der Waals surface area contributed by atoms with Gasteiger partial charge in [-0.1, -0.05) is 12.8 Å².